The Morgan fingerprint density at radius 3 is 2.55 bits per heavy atom. The van der Waals surface area contributed by atoms with Gasteiger partial charge in [-0.1, -0.05) is 6.07 Å². The summed E-state index contributed by atoms with van der Waals surface area (Å²) >= 11 is 0. The second-order valence-electron chi connectivity index (χ2n) is 4.87. The number of likely N-dealkylation sites (N-methyl/N-ethyl adjacent to an activating group) is 1. The monoisotopic (exact) mass is 276 g/mol. The molecule has 1 fully saturated rings. The van der Waals surface area contributed by atoms with Crippen molar-refractivity contribution in [1.82, 2.24) is 15.1 Å². The van der Waals surface area contributed by atoms with Crippen LogP contribution in [0.2, 0.25) is 0 Å². The molecule has 0 atom stereocenters. The molecule has 1 aliphatic heterocycles. The number of piperazine rings is 1. The van der Waals surface area contributed by atoms with Gasteiger partial charge in [0.25, 0.3) is 5.91 Å². The quantitative estimate of drug-likeness (QED) is 0.748. The van der Waals surface area contributed by atoms with Crippen LogP contribution in [0.1, 0.15) is 10.4 Å². The van der Waals surface area contributed by atoms with Crippen molar-refractivity contribution in [2.24, 2.45) is 0 Å². The lowest BCUT2D eigenvalue weighted by Crippen LogP contribution is -2.50. The van der Waals surface area contributed by atoms with E-state index in [0.29, 0.717) is 44.0 Å². The molecule has 1 aromatic carbocycles. The summed E-state index contributed by atoms with van der Waals surface area (Å²) in [7, 11) is 1.63. The molecule has 0 aliphatic carbocycles. The van der Waals surface area contributed by atoms with Crippen molar-refractivity contribution >= 4 is 17.5 Å². The molecule has 1 aliphatic rings. The number of benzene rings is 1. The Morgan fingerprint density at radius 1 is 1.25 bits per heavy atom. The summed E-state index contributed by atoms with van der Waals surface area (Å²) in [4.78, 5) is 27.5. The minimum atomic E-state index is -0.00288. The molecule has 0 radical (unpaired) electrons. The van der Waals surface area contributed by atoms with Crippen LogP contribution >= 0.6 is 0 Å². The Kier molecular flexibility index (Phi) is 4.57. The van der Waals surface area contributed by atoms with Gasteiger partial charge in [0.05, 0.1) is 6.54 Å². The van der Waals surface area contributed by atoms with Gasteiger partial charge in [-0.2, -0.15) is 0 Å². The summed E-state index contributed by atoms with van der Waals surface area (Å²) in [6.45, 7) is 3.06. The number of carbonyl (C=O) groups excluding carboxylic acids is 2. The third-order valence-corrected chi connectivity index (χ3v) is 3.44. The van der Waals surface area contributed by atoms with Crippen LogP contribution in [0.25, 0.3) is 0 Å². The first kappa shape index (κ1) is 14.3. The summed E-state index contributed by atoms with van der Waals surface area (Å²) in [5.74, 6) is -0.00231. The third-order valence-electron chi connectivity index (χ3n) is 3.44. The average Bonchev–Trinajstić information content (AvgIpc) is 2.47. The zero-order chi connectivity index (χ0) is 14.5. The van der Waals surface area contributed by atoms with E-state index in [0.717, 1.165) is 0 Å². The maximum Gasteiger partial charge on any atom is 0.254 e. The molecule has 0 spiro atoms. The number of nitrogens with zero attached hydrogens (tertiary/aromatic N) is 2. The minimum Gasteiger partial charge on any atom is -0.399 e. The van der Waals surface area contributed by atoms with E-state index >= 15 is 0 Å². The van der Waals surface area contributed by atoms with E-state index in [1.54, 1.807) is 36.2 Å². The molecular weight excluding hydrogens is 256 g/mol. The van der Waals surface area contributed by atoms with Gasteiger partial charge in [-0.3, -0.25) is 14.5 Å². The first-order valence-electron chi connectivity index (χ1n) is 6.68. The van der Waals surface area contributed by atoms with Gasteiger partial charge in [-0.25, -0.2) is 0 Å². The number of hydrogen-bond acceptors (Lipinski definition) is 4. The molecule has 20 heavy (non-hydrogen) atoms. The van der Waals surface area contributed by atoms with E-state index < -0.39 is 0 Å². The van der Waals surface area contributed by atoms with Crippen LogP contribution in [-0.4, -0.2) is 61.4 Å². The van der Waals surface area contributed by atoms with E-state index in [2.05, 4.69) is 5.32 Å². The van der Waals surface area contributed by atoms with Crippen molar-refractivity contribution in [3.8, 4) is 0 Å². The van der Waals surface area contributed by atoms with E-state index in [9.17, 15) is 9.59 Å². The number of rotatable bonds is 3. The van der Waals surface area contributed by atoms with Crippen LogP contribution in [0.5, 0.6) is 0 Å². The number of nitrogen functional groups attached to an aromatic ring is 1. The first-order valence-corrected chi connectivity index (χ1v) is 6.68. The topological polar surface area (TPSA) is 78.7 Å². The second kappa shape index (κ2) is 6.38. The number of nitrogens with two attached hydrogens (primary N) is 1. The average molecular weight is 276 g/mol. The van der Waals surface area contributed by atoms with Gasteiger partial charge in [0.15, 0.2) is 0 Å². The molecule has 0 bridgehead atoms. The van der Waals surface area contributed by atoms with E-state index in [4.69, 9.17) is 5.73 Å². The van der Waals surface area contributed by atoms with Crippen LogP contribution in [0.15, 0.2) is 24.3 Å². The zero-order valence-electron chi connectivity index (χ0n) is 11.6. The standard InChI is InChI=1S/C14H20N4O2/c1-16-13(19)10-17-5-7-18(8-6-17)14(20)11-3-2-4-12(15)9-11/h2-4,9H,5-8,10,15H2,1H3,(H,16,19). The molecule has 2 amide bonds. The van der Waals surface area contributed by atoms with Crippen LogP contribution in [0.3, 0.4) is 0 Å². The van der Waals surface area contributed by atoms with Gasteiger partial charge in [0.2, 0.25) is 5.91 Å². The Bertz CT molecular complexity index is 496. The van der Waals surface area contributed by atoms with E-state index in [-0.39, 0.29) is 11.8 Å². The molecule has 1 heterocycles. The number of anilines is 1. The highest BCUT2D eigenvalue weighted by Crippen LogP contribution is 2.11. The Hall–Kier alpha value is -2.08. The molecule has 0 saturated carbocycles. The van der Waals surface area contributed by atoms with Crippen molar-refractivity contribution in [3.63, 3.8) is 0 Å². The van der Waals surface area contributed by atoms with Gasteiger partial charge in [0.1, 0.15) is 0 Å². The van der Waals surface area contributed by atoms with E-state index in [1.807, 2.05) is 4.90 Å². The smallest absolute Gasteiger partial charge is 0.254 e. The van der Waals surface area contributed by atoms with Crippen molar-refractivity contribution in [3.05, 3.63) is 29.8 Å². The maximum absolute atomic E-state index is 12.3. The first-order chi connectivity index (χ1) is 9.60. The predicted octanol–water partition coefficient (Wildman–Crippen LogP) is -0.227. The van der Waals surface area contributed by atoms with Crippen LogP contribution in [-0.2, 0) is 4.79 Å². The van der Waals surface area contributed by atoms with Crippen LogP contribution < -0.4 is 11.1 Å². The molecule has 0 unspecified atom stereocenters. The third kappa shape index (κ3) is 3.48. The highest BCUT2D eigenvalue weighted by molar-refractivity contribution is 5.95. The highest BCUT2D eigenvalue weighted by Gasteiger charge is 2.22. The lowest BCUT2D eigenvalue weighted by atomic mass is 10.1. The molecule has 1 saturated heterocycles. The largest absolute Gasteiger partial charge is 0.399 e. The van der Waals surface area contributed by atoms with Crippen molar-refractivity contribution < 1.29 is 9.59 Å². The van der Waals surface area contributed by atoms with Crippen LogP contribution in [0, 0.1) is 0 Å². The van der Waals surface area contributed by atoms with Gasteiger partial charge in [0, 0.05) is 44.5 Å². The number of amides is 2. The summed E-state index contributed by atoms with van der Waals surface area (Å²) in [6.07, 6.45) is 0. The highest BCUT2D eigenvalue weighted by atomic mass is 16.2. The fraction of sp³-hybridized carbons (Fsp3) is 0.429. The zero-order valence-corrected chi connectivity index (χ0v) is 11.6. The molecule has 6 heteroatoms. The van der Waals surface area contributed by atoms with Gasteiger partial charge in [-0.15, -0.1) is 0 Å². The summed E-state index contributed by atoms with van der Waals surface area (Å²) < 4.78 is 0. The molecule has 2 rings (SSSR count). The van der Waals surface area contributed by atoms with Gasteiger partial charge < -0.3 is 16.0 Å². The summed E-state index contributed by atoms with van der Waals surface area (Å²) in [5.41, 5.74) is 6.90. The second-order valence-corrected chi connectivity index (χ2v) is 4.87. The number of nitrogens with one attached hydrogen (secondary N) is 1. The molecule has 6 nitrogen and oxygen atoms in total. The normalized spacial score (nSPS) is 15.9. The molecule has 0 aromatic heterocycles. The van der Waals surface area contributed by atoms with Gasteiger partial charge in [-0.05, 0) is 18.2 Å². The fourth-order valence-electron chi connectivity index (χ4n) is 2.25. The number of carbonyl (C=O) groups is 2. The van der Waals surface area contributed by atoms with Crippen molar-refractivity contribution in [2.45, 2.75) is 0 Å². The van der Waals surface area contributed by atoms with Crippen molar-refractivity contribution in [1.29, 1.82) is 0 Å². The van der Waals surface area contributed by atoms with Crippen molar-refractivity contribution in [2.75, 3.05) is 45.5 Å². The summed E-state index contributed by atoms with van der Waals surface area (Å²) in [6, 6.07) is 7.01. The predicted molar refractivity (Wildman–Crippen MR) is 77.3 cm³/mol. The number of hydrogen-bond donors (Lipinski definition) is 2. The molecule has 108 valence electrons. The van der Waals surface area contributed by atoms with E-state index in [1.165, 1.54) is 0 Å². The molecule has 3 N–H and O–H groups in total. The van der Waals surface area contributed by atoms with Crippen LogP contribution in [0.4, 0.5) is 5.69 Å². The Balaban J connectivity index is 1.90. The minimum absolute atomic E-state index is 0.000564. The Morgan fingerprint density at radius 2 is 1.95 bits per heavy atom. The molecular formula is C14H20N4O2. The maximum atomic E-state index is 12.3. The SMILES string of the molecule is CNC(=O)CN1CCN(C(=O)c2cccc(N)c2)CC1. The Labute approximate surface area is 118 Å². The fourth-order valence-corrected chi connectivity index (χ4v) is 2.25. The summed E-state index contributed by atoms with van der Waals surface area (Å²) in [5, 5.41) is 2.60. The van der Waals surface area contributed by atoms with Gasteiger partial charge >= 0.3 is 0 Å². The lowest BCUT2D eigenvalue weighted by Gasteiger charge is -2.34. The molecule has 1 aromatic rings. The lowest BCUT2D eigenvalue weighted by molar-refractivity contribution is -0.122.